The summed E-state index contributed by atoms with van der Waals surface area (Å²) in [4.78, 5) is 22.1. The van der Waals surface area contributed by atoms with Crippen molar-refractivity contribution in [2.24, 2.45) is 0 Å². The van der Waals surface area contributed by atoms with Crippen LogP contribution in [-0.2, 0) is 6.54 Å². The Hall–Kier alpha value is -3.25. The normalized spacial score (nSPS) is 11.4. The van der Waals surface area contributed by atoms with E-state index >= 15 is 0 Å². The average Bonchev–Trinajstić information content (AvgIpc) is 3.26. The molecule has 0 spiro atoms. The molecule has 0 fully saturated rings. The second-order valence-electron chi connectivity index (χ2n) is 6.34. The Kier molecular flexibility index (Phi) is 3.65. The van der Waals surface area contributed by atoms with E-state index in [0.717, 1.165) is 26.9 Å². The van der Waals surface area contributed by atoms with Gasteiger partial charge in [-0.15, -0.1) is 11.3 Å². The standard InChI is InChI=1S/C21H15N3O2S/c1-13-16(23-20(26-13)14-7-3-2-4-8-14)11-24-12-22-18-15-9-5-6-10-17(15)27-19(18)21(24)25/h2-10,12H,11H2,1H3. The Labute approximate surface area is 158 Å². The molecule has 0 saturated carbocycles. The molecule has 6 heteroatoms. The van der Waals surface area contributed by atoms with Crippen molar-refractivity contribution >= 4 is 31.6 Å². The molecule has 3 heterocycles. The van der Waals surface area contributed by atoms with Crippen LogP contribution in [0.1, 0.15) is 11.5 Å². The van der Waals surface area contributed by atoms with E-state index in [9.17, 15) is 4.79 Å². The van der Waals surface area contributed by atoms with E-state index in [1.807, 2.05) is 61.5 Å². The Bertz CT molecular complexity index is 1330. The van der Waals surface area contributed by atoms with E-state index in [2.05, 4.69) is 9.97 Å². The lowest BCUT2D eigenvalue weighted by atomic mass is 10.2. The quantitative estimate of drug-likeness (QED) is 0.463. The number of hydrogen-bond donors (Lipinski definition) is 0. The largest absolute Gasteiger partial charge is 0.441 e. The lowest BCUT2D eigenvalue weighted by Gasteiger charge is -2.03. The maximum atomic E-state index is 13.0. The minimum absolute atomic E-state index is 0.0511. The zero-order valence-electron chi connectivity index (χ0n) is 14.5. The first-order valence-electron chi connectivity index (χ1n) is 8.59. The van der Waals surface area contributed by atoms with Crippen LogP contribution in [0, 0.1) is 6.92 Å². The molecular weight excluding hydrogens is 358 g/mol. The van der Waals surface area contributed by atoms with Crippen LogP contribution >= 0.6 is 11.3 Å². The number of fused-ring (bicyclic) bond motifs is 3. The number of nitrogens with zero attached hydrogens (tertiary/aromatic N) is 3. The highest BCUT2D eigenvalue weighted by Gasteiger charge is 2.15. The van der Waals surface area contributed by atoms with E-state index in [-0.39, 0.29) is 5.56 Å². The van der Waals surface area contributed by atoms with Gasteiger partial charge in [-0.3, -0.25) is 9.36 Å². The molecule has 5 nitrogen and oxygen atoms in total. The van der Waals surface area contributed by atoms with Gasteiger partial charge in [0.05, 0.1) is 18.4 Å². The molecule has 0 aliphatic rings. The minimum atomic E-state index is -0.0511. The molecule has 0 amide bonds. The third-order valence-corrected chi connectivity index (χ3v) is 5.73. The highest BCUT2D eigenvalue weighted by molar-refractivity contribution is 7.25. The average molecular weight is 373 g/mol. The number of hydrogen-bond acceptors (Lipinski definition) is 5. The molecule has 0 bridgehead atoms. The van der Waals surface area contributed by atoms with Gasteiger partial charge >= 0.3 is 0 Å². The van der Waals surface area contributed by atoms with Crippen molar-refractivity contribution in [2.75, 3.05) is 0 Å². The van der Waals surface area contributed by atoms with Crippen LogP contribution in [-0.4, -0.2) is 14.5 Å². The third kappa shape index (κ3) is 2.65. The summed E-state index contributed by atoms with van der Waals surface area (Å²) in [5.41, 5.74) is 2.36. The van der Waals surface area contributed by atoms with Crippen LogP contribution in [0.15, 0.2) is 70.1 Å². The van der Waals surface area contributed by atoms with Gasteiger partial charge in [0.1, 0.15) is 16.2 Å². The summed E-state index contributed by atoms with van der Waals surface area (Å²) >= 11 is 1.48. The lowest BCUT2D eigenvalue weighted by Crippen LogP contribution is -2.20. The van der Waals surface area contributed by atoms with Gasteiger partial charge in [-0.1, -0.05) is 36.4 Å². The molecule has 5 rings (SSSR count). The fourth-order valence-electron chi connectivity index (χ4n) is 3.17. The molecule has 0 unspecified atom stereocenters. The van der Waals surface area contributed by atoms with Gasteiger partial charge in [-0.25, -0.2) is 9.97 Å². The number of rotatable bonds is 3. The zero-order chi connectivity index (χ0) is 18.4. The minimum Gasteiger partial charge on any atom is -0.441 e. The van der Waals surface area contributed by atoms with Gasteiger partial charge in [0.2, 0.25) is 5.89 Å². The number of aryl methyl sites for hydroxylation is 1. The topological polar surface area (TPSA) is 60.9 Å². The molecule has 2 aromatic carbocycles. The monoisotopic (exact) mass is 373 g/mol. The van der Waals surface area contributed by atoms with E-state index in [1.165, 1.54) is 11.3 Å². The summed E-state index contributed by atoms with van der Waals surface area (Å²) in [6.45, 7) is 2.20. The Balaban J connectivity index is 1.57. The highest BCUT2D eigenvalue weighted by Crippen LogP contribution is 2.30. The van der Waals surface area contributed by atoms with E-state index in [4.69, 9.17) is 4.42 Å². The van der Waals surface area contributed by atoms with Gasteiger partial charge in [0, 0.05) is 15.6 Å². The predicted molar refractivity (Wildman–Crippen MR) is 107 cm³/mol. The van der Waals surface area contributed by atoms with Gasteiger partial charge in [0.25, 0.3) is 5.56 Å². The molecule has 0 radical (unpaired) electrons. The van der Waals surface area contributed by atoms with Crippen LogP contribution in [0.4, 0.5) is 0 Å². The van der Waals surface area contributed by atoms with Crippen molar-refractivity contribution in [3.05, 3.63) is 82.7 Å². The van der Waals surface area contributed by atoms with Gasteiger partial charge in [-0.05, 0) is 25.1 Å². The Morgan fingerprint density at radius 1 is 1.07 bits per heavy atom. The molecule has 27 heavy (non-hydrogen) atoms. The second-order valence-corrected chi connectivity index (χ2v) is 7.39. The van der Waals surface area contributed by atoms with Crippen molar-refractivity contribution < 1.29 is 4.42 Å². The molecule has 0 aliphatic carbocycles. The summed E-state index contributed by atoms with van der Waals surface area (Å²) in [6.07, 6.45) is 1.60. The van der Waals surface area contributed by atoms with Gasteiger partial charge < -0.3 is 4.42 Å². The second kappa shape index (κ2) is 6.17. The van der Waals surface area contributed by atoms with E-state index < -0.39 is 0 Å². The Morgan fingerprint density at radius 2 is 1.85 bits per heavy atom. The molecule has 0 saturated heterocycles. The molecule has 0 atom stereocenters. The molecular formula is C21H15N3O2S. The third-order valence-electron chi connectivity index (χ3n) is 4.58. The molecule has 3 aromatic heterocycles. The highest BCUT2D eigenvalue weighted by atomic mass is 32.1. The summed E-state index contributed by atoms with van der Waals surface area (Å²) in [5.74, 6) is 1.27. The fraction of sp³-hybridized carbons (Fsp3) is 0.0952. The van der Waals surface area contributed by atoms with Crippen molar-refractivity contribution in [3.8, 4) is 11.5 Å². The maximum absolute atomic E-state index is 13.0. The first kappa shape index (κ1) is 16.0. The van der Waals surface area contributed by atoms with Crippen molar-refractivity contribution in [1.82, 2.24) is 14.5 Å². The van der Waals surface area contributed by atoms with E-state index in [0.29, 0.717) is 22.9 Å². The van der Waals surface area contributed by atoms with E-state index in [1.54, 1.807) is 10.9 Å². The lowest BCUT2D eigenvalue weighted by molar-refractivity contribution is 0.537. The molecule has 5 aromatic rings. The SMILES string of the molecule is Cc1oc(-c2ccccc2)nc1Cn1cnc2c(sc3ccccc32)c1=O. The molecule has 132 valence electrons. The van der Waals surface area contributed by atoms with Crippen LogP contribution in [0.3, 0.4) is 0 Å². The van der Waals surface area contributed by atoms with Crippen LogP contribution in [0.25, 0.3) is 31.8 Å². The number of benzene rings is 2. The fourth-order valence-corrected chi connectivity index (χ4v) is 4.27. The summed E-state index contributed by atoms with van der Waals surface area (Å²) < 4.78 is 9.14. The van der Waals surface area contributed by atoms with Crippen LogP contribution in [0.5, 0.6) is 0 Å². The Morgan fingerprint density at radius 3 is 2.70 bits per heavy atom. The number of aromatic nitrogens is 3. The molecule has 0 N–H and O–H groups in total. The van der Waals surface area contributed by atoms with Gasteiger partial charge in [0.15, 0.2) is 0 Å². The first-order chi connectivity index (χ1) is 13.2. The summed E-state index contributed by atoms with van der Waals surface area (Å²) in [5, 5.41) is 1.02. The maximum Gasteiger partial charge on any atom is 0.271 e. The van der Waals surface area contributed by atoms with Crippen molar-refractivity contribution in [1.29, 1.82) is 0 Å². The smallest absolute Gasteiger partial charge is 0.271 e. The summed E-state index contributed by atoms with van der Waals surface area (Å²) in [7, 11) is 0. The van der Waals surface area contributed by atoms with Gasteiger partial charge in [-0.2, -0.15) is 0 Å². The molecule has 0 aliphatic heterocycles. The predicted octanol–water partition coefficient (Wildman–Crippen LogP) is 4.62. The number of thiophene rings is 1. The summed E-state index contributed by atoms with van der Waals surface area (Å²) in [6, 6.07) is 17.7. The van der Waals surface area contributed by atoms with Crippen molar-refractivity contribution in [2.45, 2.75) is 13.5 Å². The van der Waals surface area contributed by atoms with Crippen LogP contribution < -0.4 is 5.56 Å². The van der Waals surface area contributed by atoms with Crippen molar-refractivity contribution in [3.63, 3.8) is 0 Å². The number of oxazole rings is 1. The van der Waals surface area contributed by atoms with Crippen LogP contribution in [0.2, 0.25) is 0 Å². The first-order valence-corrected chi connectivity index (χ1v) is 9.41. The zero-order valence-corrected chi connectivity index (χ0v) is 15.4.